The summed E-state index contributed by atoms with van der Waals surface area (Å²) in [6.07, 6.45) is -2.76. The SMILES string of the molecule is CCOC(=O)C1CCN(c2ncnc(Nc3ccc(Cl)c(C(F)(F)F)c3)c2[N+](=O)[O-])CC1. The Morgan fingerprint density at radius 3 is 2.62 bits per heavy atom. The van der Waals surface area contributed by atoms with Crippen LogP contribution in [-0.2, 0) is 15.7 Å². The van der Waals surface area contributed by atoms with Gasteiger partial charge in [0, 0.05) is 18.8 Å². The Labute approximate surface area is 185 Å². The van der Waals surface area contributed by atoms with E-state index in [4.69, 9.17) is 16.3 Å². The summed E-state index contributed by atoms with van der Waals surface area (Å²) in [5.74, 6) is -0.864. The molecule has 172 valence electrons. The summed E-state index contributed by atoms with van der Waals surface area (Å²) in [5.41, 5.74) is -1.64. The van der Waals surface area contributed by atoms with Gasteiger partial charge in [-0.05, 0) is 38.0 Å². The fourth-order valence-electron chi connectivity index (χ4n) is 3.40. The van der Waals surface area contributed by atoms with Crippen molar-refractivity contribution in [3.8, 4) is 0 Å². The molecule has 0 spiro atoms. The molecule has 1 aliphatic rings. The summed E-state index contributed by atoms with van der Waals surface area (Å²) in [5, 5.41) is 13.9. The third kappa shape index (κ3) is 5.18. The Balaban J connectivity index is 1.87. The van der Waals surface area contributed by atoms with Gasteiger partial charge in [-0.2, -0.15) is 13.2 Å². The number of alkyl halides is 3. The predicted octanol–water partition coefficient (Wildman–Crippen LogP) is 4.58. The van der Waals surface area contributed by atoms with Gasteiger partial charge in [-0.3, -0.25) is 14.9 Å². The smallest absolute Gasteiger partial charge is 0.417 e. The topological polar surface area (TPSA) is 110 Å². The van der Waals surface area contributed by atoms with Gasteiger partial charge >= 0.3 is 17.8 Å². The maximum atomic E-state index is 13.1. The van der Waals surface area contributed by atoms with Crippen molar-refractivity contribution >= 4 is 40.6 Å². The molecule has 9 nitrogen and oxygen atoms in total. The van der Waals surface area contributed by atoms with Gasteiger partial charge < -0.3 is 15.0 Å². The minimum Gasteiger partial charge on any atom is -0.466 e. The maximum Gasteiger partial charge on any atom is 0.417 e. The number of nitro groups is 1. The molecule has 1 aliphatic heterocycles. The zero-order valence-corrected chi connectivity index (χ0v) is 17.6. The number of carbonyl (C=O) groups is 1. The quantitative estimate of drug-likeness (QED) is 0.369. The number of nitrogens with one attached hydrogen (secondary N) is 1. The van der Waals surface area contributed by atoms with Gasteiger partial charge in [-0.15, -0.1) is 0 Å². The minimum absolute atomic E-state index is 0.0137. The molecular formula is C19H19ClF3N5O4. The number of anilines is 3. The van der Waals surface area contributed by atoms with Gasteiger partial charge in [-0.1, -0.05) is 11.6 Å². The van der Waals surface area contributed by atoms with E-state index in [2.05, 4.69) is 15.3 Å². The van der Waals surface area contributed by atoms with Crippen LogP contribution in [-0.4, -0.2) is 40.6 Å². The molecule has 1 saturated heterocycles. The molecule has 0 atom stereocenters. The number of rotatable bonds is 6. The van der Waals surface area contributed by atoms with Crippen molar-refractivity contribution in [1.82, 2.24) is 9.97 Å². The molecule has 2 heterocycles. The molecule has 1 aromatic carbocycles. The molecule has 32 heavy (non-hydrogen) atoms. The van der Waals surface area contributed by atoms with Gasteiger partial charge in [0.1, 0.15) is 6.33 Å². The standard InChI is InChI=1S/C19H19ClF3N5O4/c1-2-32-18(29)11-5-7-27(8-6-11)17-15(28(30)31)16(24-10-25-17)26-12-3-4-14(20)13(9-12)19(21,22)23/h3-4,9-11H,2,5-8H2,1H3,(H,24,25,26). The normalized spacial score (nSPS) is 14.8. The molecule has 0 radical (unpaired) electrons. The highest BCUT2D eigenvalue weighted by Crippen LogP contribution is 2.39. The number of halogens is 4. The molecule has 13 heteroatoms. The van der Waals surface area contributed by atoms with Gasteiger partial charge in [0.2, 0.25) is 11.6 Å². The average molecular weight is 474 g/mol. The summed E-state index contributed by atoms with van der Waals surface area (Å²) >= 11 is 5.62. The van der Waals surface area contributed by atoms with Gasteiger partial charge in [0.15, 0.2) is 0 Å². The van der Waals surface area contributed by atoms with E-state index in [0.717, 1.165) is 18.5 Å². The lowest BCUT2D eigenvalue weighted by atomic mass is 9.97. The Morgan fingerprint density at radius 2 is 2.03 bits per heavy atom. The number of piperidine rings is 1. The van der Waals surface area contributed by atoms with Crippen molar-refractivity contribution in [1.29, 1.82) is 0 Å². The molecule has 1 N–H and O–H groups in total. The fraction of sp³-hybridized carbons (Fsp3) is 0.421. The number of esters is 1. The Hall–Kier alpha value is -3.15. The van der Waals surface area contributed by atoms with Crippen LogP contribution in [0.25, 0.3) is 0 Å². The summed E-state index contributed by atoms with van der Waals surface area (Å²) in [4.78, 5) is 32.5. The number of carbonyl (C=O) groups excluding carboxylic acids is 1. The summed E-state index contributed by atoms with van der Waals surface area (Å²) in [7, 11) is 0. The zero-order chi connectivity index (χ0) is 23.5. The van der Waals surface area contributed by atoms with Crippen LogP contribution in [0, 0.1) is 16.0 Å². The lowest BCUT2D eigenvalue weighted by Crippen LogP contribution is -2.37. The number of ether oxygens (including phenoxy) is 1. The first kappa shape index (κ1) is 23.5. The van der Waals surface area contributed by atoms with Gasteiger partial charge in [0.05, 0.1) is 28.0 Å². The minimum atomic E-state index is -4.69. The van der Waals surface area contributed by atoms with Crippen LogP contribution in [0.1, 0.15) is 25.3 Å². The largest absolute Gasteiger partial charge is 0.466 e. The van der Waals surface area contributed by atoms with Crippen molar-refractivity contribution in [2.24, 2.45) is 5.92 Å². The highest BCUT2D eigenvalue weighted by atomic mass is 35.5. The van der Waals surface area contributed by atoms with E-state index < -0.39 is 27.4 Å². The van der Waals surface area contributed by atoms with Crippen molar-refractivity contribution in [3.05, 3.63) is 45.2 Å². The summed E-state index contributed by atoms with van der Waals surface area (Å²) in [6, 6.07) is 3.05. The average Bonchev–Trinajstić information content (AvgIpc) is 2.74. The van der Waals surface area contributed by atoms with Gasteiger partial charge in [0.25, 0.3) is 0 Å². The number of hydrogen-bond donors (Lipinski definition) is 1. The van der Waals surface area contributed by atoms with Crippen LogP contribution in [0.4, 0.5) is 36.2 Å². The first-order chi connectivity index (χ1) is 15.1. The highest BCUT2D eigenvalue weighted by Gasteiger charge is 2.35. The monoisotopic (exact) mass is 473 g/mol. The van der Waals surface area contributed by atoms with E-state index in [1.165, 1.54) is 6.07 Å². The Bertz CT molecular complexity index is 1010. The van der Waals surface area contributed by atoms with E-state index >= 15 is 0 Å². The van der Waals surface area contributed by atoms with Crippen molar-refractivity contribution in [3.63, 3.8) is 0 Å². The highest BCUT2D eigenvalue weighted by molar-refractivity contribution is 6.31. The van der Waals surface area contributed by atoms with E-state index in [9.17, 15) is 28.1 Å². The van der Waals surface area contributed by atoms with E-state index in [0.29, 0.717) is 25.9 Å². The summed E-state index contributed by atoms with van der Waals surface area (Å²) < 4.78 is 44.4. The molecule has 0 amide bonds. The third-order valence-corrected chi connectivity index (χ3v) is 5.26. The van der Waals surface area contributed by atoms with Crippen LogP contribution < -0.4 is 10.2 Å². The number of nitrogens with zero attached hydrogens (tertiary/aromatic N) is 4. The first-order valence-corrected chi connectivity index (χ1v) is 10.0. The molecular weight excluding hydrogens is 455 g/mol. The van der Waals surface area contributed by atoms with Crippen LogP contribution in [0.2, 0.25) is 5.02 Å². The summed E-state index contributed by atoms with van der Waals surface area (Å²) in [6.45, 7) is 2.62. The van der Waals surface area contributed by atoms with Crippen molar-refractivity contribution < 1.29 is 27.6 Å². The lowest BCUT2D eigenvalue weighted by molar-refractivity contribution is -0.383. The number of hydrogen-bond acceptors (Lipinski definition) is 8. The van der Waals surface area contributed by atoms with E-state index in [1.807, 2.05) is 0 Å². The first-order valence-electron chi connectivity index (χ1n) is 9.66. The predicted molar refractivity (Wildman–Crippen MR) is 110 cm³/mol. The second-order valence-corrected chi connectivity index (χ2v) is 7.39. The Kier molecular flexibility index (Phi) is 7.02. The third-order valence-electron chi connectivity index (χ3n) is 4.93. The molecule has 1 aromatic heterocycles. The van der Waals surface area contributed by atoms with Crippen LogP contribution in [0.15, 0.2) is 24.5 Å². The van der Waals surface area contributed by atoms with E-state index in [-0.39, 0.29) is 35.8 Å². The second-order valence-electron chi connectivity index (χ2n) is 6.98. The molecule has 0 bridgehead atoms. The molecule has 0 aliphatic carbocycles. The fourth-order valence-corrected chi connectivity index (χ4v) is 3.63. The van der Waals surface area contributed by atoms with Crippen molar-refractivity contribution in [2.45, 2.75) is 25.9 Å². The van der Waals surface area contributed by atoms with Gasteiger partial charge in [-0.25, -0.2) is 9.97 Å². The molecule has 1 fully saturated rings. The molecule has 2 aromatic rings. The van der Waals surface area contributed by atoms with Crippen LogP contribution in [0.5, 0.6) is 0 Å². The molecule has 0 unspecified atom stereocenters. The second kappa shape index (κ2) is 9.55. The van der Waals surface area contributed by atoms with Crippen LogP contribution in [0.3, 0.4) is 0 Å². The lowest BCUT2D eigenvalue weighted by Gasteiger charge is -2.31. The van der Waals surface area contributed by atoms with Crippen molar-refractivity contribution in [2.75, 3.05) is 29.9 Å². The number of benzene rings is 1. The molecule has 0 saturated carbocycles. The molecule has 3 rings (SSSR count). The Morgan fingerprint density at radius 1 is 1.34 bits per heavy atom. The zero-order valence-electron chi connectivity index (χ0n) is 16.9. The van der Waals surface area contributed by atoms with Crippen LogP contribution >= 0.6 is 11.6 Å². The van der Waals surface area contributed by atoms with E-state index in [1.54, 1.807) is 11.8 Å². The number of aromatic nitrogens is 2. The maximum absolute atomic E-state index is 13.1.